The molecule has 1 aliphatic rings. The highest BCUT2D eigenvalue weighted by atomic mass is 35.5. The second-order valence-electron chi connectivity index (χ2n) is 3.70. The molecule has 2 heterocycles. The molecular formula is C9H16ClN5O. The third-order valence-corrected chi connectivity index (χ3v) is 2.57. The predicted molar refractivity (Wildman–Crippen MR) is 61.7 cm³/mol. The Labute approximate surface area is 100 Å². The Hall–Kier alpha value is -1.14. The normalized spacial score (nSPS) is 19.2. The van der Waals surface area contributed by atoms with Crippen molar-refractivity contribution in [3.63, 3.8) is 0 Å². The van der Waals surface area contributed by atoms with E-state index in [4.69, 9.17) is 0 Å². The summed E-state index contributed by atoms with van der Waals surface area (Å²) in [5.74, 6) is -0.194. The van der Waals surface area contributed by atoms with E-state index < -0.39 is 0 Å². The summed E-state index contributed by atoms with van der Waals surface area (Å²) in [5, 5.41) is 13.6. The van der Waals surface area contributed by atoms with Crippen LogP contribution in [-0.4, -0.2) is 40.5 Å². The summed E-state index contributed by atoms with van der Waals surface area (Å²) in [5.41, 5.74) is 0.371. The number of hydrogen-bond donors (Lipinski definition) is 2. The molecule has 0 saturated carbocycles. The molecule has 1 aromatic rings. The zero-order chi connectivity index (χ0) is 10.7. The summed E-state index contributed by atoms with van der Waals surface area (Å²) in [4.78, 5) is 11.2. The SMILES string of the molecule is CNC(=O)c1cn(CC2CCCN2)nn1.Cl. The van der Waals surface area contributed by atoms with Crippen LogP contribution in [0.15, 0.2) is 6.20 Å². The number of carbonyl (C=O) groups is 1. The van der Waals surface area contributed by atoms with E-state index in [0.717, 1.165) is 19.5 Å². The third-order valence-electron chi connectivity index (χ3n) is 2.57. The van der Waals surface area contributed by atoms with Crippen molar-refractivity contribution in [1.29, 1.82) is 0 Å². The Balaban J connectivity index is 0.00000128. The fourth-order valence-electron chi connectivity index (χ4n) is 1.76. The number of nitrogens with zero attached hydrogens (tertiary/aromatic N) is 3. The number of rotatable bonds is 3. The molecule has 16 heavy (non-hydrogen) atoms. The Morgan fingerprint density at radius 2 is 2.56 bits per heavy atom. The minimum atomic E-state index is -0.194. The molecule has 2 rings (SSSR count). The average Bonchev–Trinajstić information content (AvgIpc) is 2.88. The third kappa shape index (κ3) is 2.93. The Morgan fingerprint density at radius 3 is 3.19 bits per heavy atom. The minimum absolute atomic E-state index is 0. The van der Waals surface area contributed by atoms with E-state index in [0.29, 0.717) is 11.7 Å². The van der Waals surface area contributed by atoms with Gasteiger partial charge in [0.1, 0.15) is 0 Å². The topological polar surface area (TPSA) is 71.8 Å². The van der Waals surface area contributed by atoms with Gasteiger partial charge in [-0.25, -0.2) is 0 Å². The van der Waals surface area contributed by atoms with E-state index >= 15 is 0 Å². The van der Waals surface area contributed by atoms with Gasteiger partial charge in [0, 0.05) is 13.1 Å². The lowest BCUT2D eigenvalue weighted by atomic mass is 10.2. The van der Waals surface area contributed by atoms with Crippen molar-refractivity contribution in [2.75, 3.05) is 13.6 Å². The van der Waals surface area contributed by atoms with Crippen molar-refractivity contribution in [2.24, 2.45) is 0 Å². The molecule has 1 saturated heterocycles. The quantitative estimate of drug-likeness (QED) is 0.775. The minimum Gasteiger partial charge on any atom is -0.354 e. The van der Waals surface area contributed by atoms with Crippen LogP contribution in [0.3, 0.4) is 0 Å². The first-order valence-corrected chi connectivity index (χ1v) is 5.15. The van der Waals surface area contributed by atoms with Crippen LogP contribution in [0.1, 0.15) is 23.3 Å². The van der Waals surface area contributed by atoms with Gasteiger partial charge in [-0.05, 0) is 19.4 Å². The van der Waals surface area contributed by atoms with Gasteiger partial charge in [0.05, 0.1) is 12.7 Å². The number of aromatic nitrogens is 3. The second kappa shape index (κ2) is 5.81. The number of carbonyl (C=O) groups excluding carboxylic acids is 1. The maximum atomic E-state index is 11.2. The highest BCUT2D eigenvalue weighted by Gasteiger charge is 2.16. The summed E-state index contributed by atoms with van der Waals surface area (Å²) in [6.45, 7) is 1.85. The van der Waals surface area contributed by atoms with Crippen molar-refractivity contribution < 1.29 is 4.79 Å². The molecule has 1 atom stereocenters. The van der Waals surface area contributed by atoms with E-state index in [9.17, 15) is 4.79 Å². The molecule has 2 N–H and O–H groups in total. The van der Waals surface area contributed by atoms with E-state index in [1.165, 1.54) is 6.42 Å². The summed E-state index contributed by atoms with van der Waals surface area (Å²) < 4.78 is 1.72. The van der Waals surface area contributed by atoms with E-state index in [-0.39, 0.29) is 18.3 Å². The van der Waals surface area contributed by atoms with Crippen LogP contribution in [0.25, 0.3) is 0 Å². The average molecular weight is 246 g/mol. The molecule has 0 bridgehead atoms. The van der Waals surface area contributed by atoms with Gasteiger partial charge in [0.2, 0.25) is 0 Å². The first-order chi connectivity index (χ1) is 7.29. The first-order valence-electron chi connectivity index (χ1n) is 5.15. The van der Waals surface area contributed by atoms with E-state index in [1.807, 2.05) is 0 Å². The zero-order valence-corrected chi connectivity index (χ0v) is 9.96. The number of halogens is 1. The number of hydrogen-bond acceptors (Lipinski definition) is 4. The second-order valence-corrected chi connectivity index (χ2v) is 3.70. The summed E-state index contributed by atoms with van der Waals surface area (Å²) in [7, 11) is 1.58. The van der Waals surface area contributed by atoms with Gasteiger partial charge in [-0.15, -0.1) is 17.5 Å². The maximum Gasteiger partial charge on any atom is 0.273 e. The van der Waals surface area contributed by atoms with Crippen LogP contribution in [0.2, 0.25) is 0 Å². The lowest BCUT2D eigenvalue weighted by molar-refractivity contribution is 0.0958. The molecule has 1 fully saturated rings. The van der Waals surface area contributed by atoms with Crippen molar-refractivity contribution in [1.82, 2.24) is 25.6 Å². The van der Waals surface area contributed by atoms with Gasteiger partial charge in [0.25, 0.3) is 5.91 Å². The fourth-order valence-corrected chi connectivity index (χ4v) is 1.76. The Kier molecular flexibility index (Phi) is 4.70. The fraction of sp³-hybridized carbons (Fsp3) is 0.667. The molecule has 0 spiro atoms. The molecule has 0 aliphatic carbocycles. The standard InChI is InChI=1S/C9H15N5O.ClH/c1-10-9(15)8-6-14(13-12-8)5-7-3-2-4-11-7;/h6-7,11H,2-5H2,1H3,(H,10,15);1H. The number of amides is 1. The van der Waals surface area contributed by atoms with E-state index in [1.54, 1.807) is 17.9 Å². The predicted octanol–water partition coefficient (Wildman–Crippen LogP) is -0.189. The van der Waals surface area contributed by atoms with Crippen LogP contribution in [0.5, 0.6) is 0 Å². The summed E-state index contributed by atoms with van der Waals surface area (Å²) in [6.07, 6.45) is 4.05. The van der Waals surface area contributed by atoms with Crippen LogP contribution < -0.4 is 10.6 Å². The molecule has 7 heteroatoms. The zero-order valence-electron chi connectivity index (χ0n) is 9.14. The maximum absolute atomic E-state index is 11.2. The highest BCUT2D eigenvalue weighted by molar-refractivity contribution is 5.91. The largest absolute Gasteiger partial charge is 0.354 e. The summed E-state index contributed by atoms with van der Waals surface area (Å²) >= 11 is 0. The van der Waals surface area contributed by atoms with Crippen molar-refractivity contribution in [3.05, 3.63) is 11.9 Å². The molecule has 1 aromatic heterocycles. The lowest BCUT2D eigenvalue weighted by Gasteiger charge is -2.08. The smallest absolute Gasteiger partial charge is 0.273 e. The molecule has 90 valence electrons. The molecular weight excluding hydrogens is 230 g/mol. The van der Waals surface area contributed by atoms with Gasteiger partial charge in [0.15, 0.2) is 5.69 Å². The highest BCUT2D eigenvalue weighted by Crippen LogP contribution is 2.06. The molecule has 1 aliphatic heterocycles. The van der Waals surface area contributed by atoms with Gasteiger partial charge in [-0.3, -0.25) is 9.48 Å². The molecule has 1 unspecified atom stereocenters. The van der Waals surface area contributed by atoms with Gasteiger partial charge < -0.3 is 10.6 Å². The van der Waals surface area contributed by atoms with Crippen LogP contribution in [0, 0.1) is 0 Å². The van der Waals surface area contributed by atoms with E-state index in [2.05, 4.69) is 20.9 Å². The Bertz CT molecular complexity index is 347. The lowest BCUT2D eigenvalue weighted by Crippen LogP contribution is -2.27. The molecule has 0 aromatic carbocycles. The van der Waals surface area contributed by atoms with Crippen LogP contribution in [-0.2, 0) is 6.54 Å². The Morgan fingerprint density at radius 1 is 1.75 bits per heavy atom. The molecule has 1 amide bonds. The number of nitrogens with one attached hydrogen (secondary N) is 2. The van der Waals surface area contributed by atoms with Crippen LogP contribution in [0.4, 0.5) is 0 Å². The van der Waals surface area contributed by atoms with Crippen molar-refractivity contribution in [3.8, 4) is 0 Å². The van der Waals surface area contributed by atoms with Gasteiger partial charge in [-0.1, -0.05) is 5.21 Å². The van der Waals surface area contributed by atoms with Crippen LogP contribution >= 0.6 is 12.4 Å². The first kappa shape index (κ1) is 12.9. The van der Waals surface area contributed by atoms with Gasteiger partial charge >= 0.3 is 0 Å². The van der Waals surface area contributed by atoms with Crippen molar-refractivity contribution in [2.45, 2.75) is 25.4 Å². The molecule has 0 radical (unpaired) electrons. The van der Waals surface area contributed by atoms with Gasteiger partial charge in [-0.2, -0.15) is 0 Å². The monoisotopic (exact) mass is 245 g/mol. The van der Waals surface area contributed by atoms with Crippen molar-refractivity contribution >= 4 is 18.3 Å². The summed E-state index contributed by atoms with van der Waals surface area (Å²) in [6, 6.07) is 0.462. The molecule has 6 nitrogen and oxygen atoms in total.